The Morgan fingerprint density at radius 3 is 1.80 bits per heavy atom. The maximum Gasteiger partial charge on any atom is 0.182 e. The second kappa shape index (κ2) is 6.43. The molecule has 0 amide bonds. The van der Waals surface area contributed by atoms with Gasteiger partial charge in [0.25, 0.3) is 0 Å². The Hall–Kier alpha value is -1.31. The van der Waals surface area contributed by atoms with Crippen molar-refractivity contribution in [2.75, 3.05) is 0 Å². The minimum atomic E-state index is -0.776. The number of aryl methyl sites for hydroxylation is 2. The molecule has 0 aliphatic carbocycles. The van der Waals surface area contributed by atoms with Gasteiger partial charge in [-0.15, -0.1) is 23.2 Å². The molecule has 0 saturated heterocycles. The molecule has 0 saturated carbocycles. The third-order valence-electron chi connectivity index (χ3n) is 3.24. The lowest BCUT2D eigenvalue weighted by Crippen LogP contribution is -2.20. The smallest absolute Gasteiger partial charge is 0.182 e. The van der Waals surface area contributed by atoms with Crippen LogP contribution in [0.3, 0.4) is 0 Å². The number of ketones is 1. The van der Waals surface area contributed by atoms with Crippen molar-refractivity contribution in [1.29, 1.82) is 0 Å². The molecule has 0 fully saturated rings. The van der Waals surface area contributed by atoms with E-state index in [-0.39, 0.29) is 5.78 Å². The molecular weight excluding hydrogens is 291 g/mol. The monoisotopic (exact) mass is 306 g/mol. The summed E-state index contributed by atoms with van der Waals surface area (Å²) in [5.74, 6) is -0.146. The quantitative estimate of drug-likeness (QED) is 0.569. The largest absolute Gasteiger partial charge is 0.292 e. The first-order valence-corrected chi connectivity index (χ1v) is 7.32. The van der Waals surface area contributed by atoms with Crippen LogP contribution in [0.15, 0.2) is 48.5 Å². The summed E-state index contributed by atoms with van der Waals surface area (Å²) in [6, 6.07) is 15.1. The van der Waals surface area contributed by atoms with Crippen molar-refractivity contribution in [3.63, 3.8) is 0 Å². The molecule has 0 bridgehead atoms. The molecule has 2 aromatic carbocycles. The molecule has 20 heavy (non-hydrogen) atoms. The Morgan fingerprint density at radius 2 is 1.30 bits per heavy atom. The van der Waals surface area contributed by atoms with E-state index in [9.17, 15) is 4.79 Å². The van der Waals surface area contributed by atoms with Crippen LogP contribution in [0, 0.1) is 13.8 Å². The second-order valence-corrected chi connectivity index (χ2v) is 5.88. The predicted molar refractivity (Wildman–Crippen MR) is 84.9 cm³/mol. The number of alkyl halides is 2. The number of carbonyl (C=O) groups excluding carboxylic acids is 1. The summed E-state index contributed by atoms with van der Waals surface area (Å²) >= 11 is 12.6. The Labute approximate surface area is 129 Å². The van der Waals surface area contributed by atoms with Crippen LogP contribution in [0.1, 0.15) is 32.4 Å². The van der Waals surface area contributed by atoms with Gasteiger partial charge in [0.15, 0.2) is 5.78 Å². The van der Waals surface area contributed by atoms with Crippen LogP contribution >= 0.6 is 23.2 Å². The molecule has 0 aromatic heterocycles. The van der Waals surface area contributed by atoms with Crippen LogP contribution in [-0.2, 0) is 0 Å². The van der Waals surface area contributed by atoms with Gasteiger partial charge in [-0.1, -0.05) is 59.7 Å². The molecule has 0 radical (unpaired) electrons. The Balaban J connectivity index is 2.17. The van der Waals surface area contributed by atoms with Gasteiger partial charge in [-0.2, -0.15) is 0 Å². The van der Waals surface area contributed by atoms with Gasteiger partial charge < -0.3 is 0 Å². The molecule has 1 nitrogen and oxygen atoms in total. The van der Waals surface area contributed by atoms with Crippen molar-refractivity contribution >= 4 is 29.0 Å². The van der Waals surface area contributed by atoms with E-state index >= 15 is 0 Å². The maximum absolute atomic E-state index is 12.3. The molecule has 0 N–H and O–H groups in total. The summed E-state index contributed by atoms with van der Waals surface area (Å²) in [7, 11) is 0. The topological polar surface area (TPSA) is 17.1 Å². The SMILES string of the molecule is Cc1ccc(C(=O)C(Cl)C(Cl)c2ccc(C)cc2)cc1. The van der Waals surface area contributed by atoms with Crippen LogP contribution in [0.4, 0.5) is 0 Å². The molecule has 2 aromatic rings. The lowest BCUT2D eigenvalue weighted by atomic mass is 10.0. The number of Topliss-reactive ketones (excluding diaryl/α,β-unsaturated/α-hetero) is 1. The average molecular weight is 307 g/mol. The normalized spacial score (nSPS) is 13.8. The van der Waals surface area contributed by atoms with E-state index in [0.717, 1.165) is 16.7 Å². The van der Waals surface area contributed by atoms with E-state index in [0.29, 0.717) is 5.56 Å². The summed E-state index contributed by atoms with van der Waals surface area (Å²) in [5, 5.41) is -1.31. The predicted octanol–water partition coefficient (Wildman–Crippen LogP) is 5.07. The third kappa shape index (κ3) is 3.41. The van der Waals surface area contributed by atoms with E-state index in [2.05, 4.69) is 0 Å². The third-order valence-corrected chi connectivity index (χ3v) is 4.32. The summed E-state index contributed by atoms with van der Waals surface area (Å²) < 4.78 is 0. The average Bonchev–Trinajstić information content (AvgIpc) is 2.46. The molecule has 3 heteroatoms. The summed E-state index contributed by atoms with van der Waals surface area (Å²) in [6.45, 7) is 3.98. The van der Waals surface area contributed by atoms with Gasteiger partial charge in [-0.05, 0) is 19.4 Å². The number of benzene rings is 2. The van der Waals surface area contributed by atoms with E-state index in [4.69, 9.17) is 23.2 Å². The minimum absolute atomic E-state index is 0.146. The van der Waals surface area contributed by atoms with Gasteiger partial charge in [0, 0.05) is 5.56 Å². The number of hydrogen-bond donors (Lipinski definition) is 0. The number of carbonyl (C=O) groups is 1. The molecule has 0 spiro atoms. The van der Waals surface area contributed by atoms with Crippen LogP contribution in [0.25, 0.3) is 0 Å². The van der Waals surface area contributed by atoms with Gasteiger partial charge in [0.1, 0.15) is 5.38 Å². The summed E-state index contributed by atoms with van der Waals surface area (Å²) in [6.07, 6.45) is 0. The Morgan fingerprint density at radius 1 is 0.850 bits per heavy atom. The fraction of sp³-hybridized carbons (Fsp3) is 0.235. The highest BCUT2D eigenvalue weighted by Gasteiger charge is 2.26. The first-order valence-electron chi connectivity index (χ1n) is 6.44. The fourth-order valence-corrected chi connectivity index (χ4v) is 2.46. The van der Waals surface area contributed by atoms with Crippen molar-refractivity contribution in [3.8, 4) is 0 Å². The van der Waals surface area contributed by atoms with Crippen molar-refractivity contribution in [3.05, 3.63) is 70.8 Å². The summed E-state index contributed by atoms with van der Waals surface area (Å²) in [4.78, 5) is 12.3. The Bertz CT molecular complexity index is 587. The molecular formula is C17H16Cl2O. The zero-order valence-electron chi connectivity index (χ0n) is 11.4. The lowest BCUT2D eigenvalue weighted by molar-refractivity contribution is 0.0985. The minimum Gasteiger partial charge on any atom is -0.292 e. The number of halogens is 2. The van der Waals surface area contributed by atoms with E-state index in [1.807, 2.05) is 50.2 Å². The highest BCUT2D eigenvalue weighted by atomic mass is 35.5. The molecule has 2 atom stereocenters. The highest BCUT2D eigenvalue weighted by Crippen LogP contribution is 2.30. The van der Waals surface area contributed by atoms with Crippen molar-refractivity contribution in [2.45, 2.75) is 24.6 Å². The molecule has 0 aliphatic heterocycles. The fourth-order valence-electron chi connectivity index (χ4n) is 1.93. The standard InChI is InChI=1S/C17H16Cl2O/c1-11-3-7-13(8-4-11)15(18)16(19)17(20)14-9-5-12(2)6-10-14/h3-10,15-16H,1-2H3. The zero-order chi connectivity index (χ0) is 14.7. The lowest BCUT2D eigenvalue weighted by Gasteiger charge is -2.16. The van der Waals surface area contributed by atoms with Crippen LogP contribution in [0.5, 0.6) is 0 Å². The van der Waals surface area contributed by atoms with Crippen molar-refractivity contribution < 1.29 is 4.79 Å². The van der Waals surface area contributed by atoms with Crippen LogP contribution in [-0.4, -0.2) is 11.2 Å². The summed E-state index contributed by atoms with van der Waals surface area (Å²) in [5.41, 5.74) is 3.70. The molecule has 2 unspecified atom stereocenters. The van der Waals surface area contributed by atoms with Crippen molar-refractivity contribution in [2.24, 2.45) is 0 Å². The first kappa shape index (κ1) is 15.1. The van der Waals surface area contributed by atoms with Gasteiger partial charge >= 0.3 is 0 Å². The molecule has 0 heterocycles. The number of rotatable bonds is 4. The Kier molecular flexibility index (Phi) is 4.85. The zero-order valence-corrected chi connectivity index (χ0v) is 12.9. The van der Waals surface area contributed by atoms with E-state index in [1.165, 1.54) is 0 Å². The van der Waals surface area contributed by atoms with Gasteiger partial charge in [0.05, 0.1) is 5.38 Å². The van der Waals surface area contributed by atoms with Crippen LogP contribution in [0.2, 0.25) is 0 Å². The second-order valence-electron chi connectivity index (χ2n) is 4.94. The molecule has 2 rings (SSSR count). The number of hydrogen-bond acceptors (Lipinski definition) is 1. The maximum atomic E-state index is 12.3. The van der Waals surface area contributed by atoms with Gasteiger partial charge in [0.2, 0.25) is 0 Å². The van der Waals surface area contributed by atoms with Crippen molar-refractivity contribution in [1.82, 2.24) is 0 Å². The molecule has 104 valence electrons. The van der Waals surface area contributed by atoms with E-state index in [1.54, 1.807) is 12.1 Å². The van der Waals surface area contributed by atoms with Gasteiger partial charge in [-0.3, -0.25) is 4.79 Å². The first-order chi connectivity index (χ1) is 9.49. The molecule has 0 aliphatic rings. The highest BCUT2D eigenvalue weighted by molar-refractivity contribution is 6.39. The van der Waals surface area contributed by atoms with Gasteiger partial charge in [-0.25, -0.2) is 0 Å². The van der Waals surface area contributed by atoms with E-state index < -0.39 is 10.8 Å². The van der Waals surface area contributed by atoms with Crippen LogP contribution < -0.4 is 0 Å².